The Hall–Kier alpha value is -1.92. The van der Waals surface area contributed by atoms with Crippen LogP contribution in [0.2, 0.25) is 0 Å². The fraction of sp³-hybridized carbons (Fsp3) is 0.524. The average Bonchev–Trinajstić information content (AvgIpc) is 3.07. The SMILES string of the molecule is Cc1ccc(C)c(OCC(=O)Nc2ncc(CN3CCCCC3C)s2)c1C. The standard InChI is InChI=1S/C21H29N3O2S/c1-14-8-9-15(2)20(17(14)4)26-13-19(25)23-21-22-11-18(27-21)12-24-10-6-5-7-16(24)3/h8-9,11,16H,5-7,10,12-13H2,1-4H3,(H,22,23,25). The van der Waals surface area contributed by atoms with Crippen molar-refractivity contribution >= 4 is 22.4 Å². The minimum Gasteiger partial charge on any atom is -0.483 e. The van der Waals surface area contributed by atoms with Crippen molar-refractivity contribution in [1.29, 1.82) is 0 Å². The van der Waals surface area contributed by atoms with Crippen molar-refractivity contribution in [2.24, 2.45) is 0 Å². The number of nitrogens with one attached hydrogen (secondary N) is 1. The van der Waals surface area contributed by atoms with Crippen molar-refractivity contribution < 1.29 is 9.53 Å². The van der Waals surface area contributed by atoms with Crippen LogP contribution in [-0.4, -0.2) is 35.0 Å². The Morgan fingerprint density at radius 1 is 1.30 bits per heavy atom. The summed E-state index contributed by atoms with van der Waals surface area (Å²) in [5.41, 5.74) is 3.28. The molecule has 146 valence electrons. The molecule has 1 fully saturated rings. The lowest BCUT2D eigenvalue weighted by molar-refractivity contribution is -0.118. The molecule has 5 nitrogen and oxygen atoms in total. The molecule has 2 heterocycles. The molecule has 1 unspecified atom stereocenters. The second-order valence-corrected chi connectivity index (χ2v) is 8.55. The molecule has 0 bridgehead atoms. The van der Waals surface area contributed by atoms with E-state index in [1.54, 1.807) is 11.3 Å². The van der Waals surface area contributed by atoms with Crippen molar-refractivity contribution in [2.45, 2.75) is 59.5 Å². The minimum atomic E-state index is -0.178. The van der Waals surface area contributed by atoms with Gasteiger partial charge in [0.15, 0.2) is 11.7 Å². The number of amides is 1. The molecule has 1 aromatic carbocycles. The van der Waals surface area contributed by atoms with Gasteiger partial charge in [0.1, 0.15) is 5.75 Å². The molecule has 0 aliphatic carbocycles. The molecule has 3 rings (SSSR count). The summed E-state index contributed by atoms with van der Waals surface area (Å²) in [5.74, 6) is 0.617. The van der Waals surface area contributed by atoms with Gasteiger partial charge in [0.25, 0.3) is 5.91 Å². The highest BCUT2D eigenvalue weighted by molar-refractivity contribution is 7.15. The number of benzene rings is 1. The predicted octanol–water partition coefficient (Wildman–Crippen LogP) is 4.46. The zero-order valence-electron chi connectivity index (χ0n) is 16.7. The molecule has 0 saturated carbocycles. The number of ether oxygens (including phenoxy) is 1. The molecule has 1 aliphatic heterocycles. The van der Waals surface area contributed by atoms with E-state index in [1.807, 2.05) is 33.0 Å². The molecule has 1 N–H and O–H groups in total. The quantitative estimate of drug-likeness (QED) is 0.795. The van der Waals surface area contributed by atoms with E-state index < -0.39 is 0 Å². The summed E-state index contributed by atoms with van der Waals surface area (Å²) in [5, 5.41) is 3.50. The van der Waals surface area contributed by atoms with Crippen molar-refractivity contribution in [3.63, 3.8) is 0 Å². The predicted molar refractivity (Wildman–Crippen MR) is 111 cm³/mol. The number of carbonyl (C=O) groups excluding carboxylic acids is 1. The van der Waals surface area contributed by atoms with Crippen LogP contribution in [0.1, 0.15) is 47.8 Å². The van der Waals surface area contributed by atoms with E-state index >= 15 is 0 Å². The van der Waals surface area contributed by atoms with Gasteiger partial charge in [-0.15, -0.1) is 11.3 Å². The molecule has 0 spiro atoms. The first-order chi connectivity index (χ1) is 12.9. The number of hydrogen-bond donors (Lipinski definition) is 1. The van der Waals surface area contributed by atoms with Crippen LogP contribution in [-0.2, 0) is 11.3 Å². The Balaban J connectivity index is 1.53. The molecule has 2 aromatic rings. The summed E-state index contributed by atoms with van der Waals surface area (Å²) in [7, 11) is 0. The topological polar surface area (TPSA) is 54.5 Å². The first kappa shape index (κ1) is 19.8. The van der Waals surface area contributed by atoms with Crippen LogP contribution in [0.25, 0.3) is 0 Å². The summed E-state index contributed by atoms with van der Waals surface area (Å²) >= 11 is 1.55. The normalized spacial score (nSPS) is 17.7. The Kier molecular flexibility index (Phi) is 6.50. The third-order valence-corrected chi connectivity index (χ3v) is 6.22. The van der Waals surface area contributed by atoms with E-state index in [0.29, 0.717) is 11.2 Å². The van der Waals surface area contributed by atoms with Gasteiger partial charge in [-0.25, -0.2) is 4.98 Å². The van der Waals surface area contributed by atoms with Gasteiger partial charge in [-0.05, 0) is 63.8 Å². The largest absolute Gasteiger partial charge is 0.483 e. The van der Waals surface area contributed by atoms with Gasteiger partial charge in [-0.3, -0.25) is 15.0 Å². The zero-order chi connectivity index (χ0) is 19.4. The summed E-state index contributed by atoms with van der Waals surface area (Å²) < 4.78 is 5.78. The Morgan fingerprint density at radius 3 is 2.85 bits per heavy atom. The molecule has 1 saturated heterocycles. The number of piperidine rings is 1. The lowest BCUT2D eigenvalue weighted by Gasteiger charge is -2.32. The van der Waals surface area contributed by atoms with Crippen LogP contribution in [0.3, 0.4) is 0 Å². The molecule has 1 aliphatic rings. The number of aromatic nitrogens is 1. The van der Waals surface area contributed by atoms with Gasteiger partial charge in [-0.1, -0.05) is 18.6 Å². The van der Waals surface area contributed by atoms with Gasteiger partial charge >= 0.3 is 0 Å². The van der Waals surface area contributed by atoms with Crippen LogP contribution in [0.15, 0.2) is 18.3 Å². The van der Waals surface area contributed by atoms with Crippen molar-refractivity contribution in [3.05, 3.63) is 39.9 Å². The lowest BCUT2D eigenvalue weighted by Crippen LogP contribution is -2.36. The second kappa shape index (κ2) is 8.85. The molecule has 0 radical (unpaired) electrons. The maximum absolute atomic E-state index is 12.3. The molecule has 1 amide bonds. The third kappa shape index (κ3) is 5.08. The fourth-order valence-corrected chi connectivity index (χ4v) is 4.33. The van der Waals surface area contributed by atoms with Crippen LogP contribution in [0, 0.1) is 20.8 Å². The second-order valence-electron chi connectivity index (χ2n) is 7.44. The van der Waals surface area contributed by atoms with Crippen molar-refractivity contribution in [2.75, 3.05) is 18.5 Å². The molecular formula is C21H29N3O2S. The van der Waals surface area contributed by atoms with Gasteiger partial charge in [0.05, 0.1) is 0 Å². The minimum absolute atomic E-state index is 0.0107. The molecule has 27 heavy (non-hydrogen) atoms. The Bertz CT molecular complexity index is 803. The van der Waals surface area contributed by atoms with Crippen molar-refractivity contribution in [3.8, 4) is 5.75 Å². The van der Waals surface area contributed by atoms with E-state index in [2.05, 4.69) is 28.2 Å². The van der Waals surface area contributed by atoms with E-state index in [-0.39, 0.29) is 12.5 Å². The Morgan fingerprint density at radius 2 is 2.07 bits per heavy atom. The van der Waals surface area contributed by atoms with Gasteiger partial charge in [0.2, 0.25) is 0 Å². The third-order valence-electron chi connectivity index (χ3n) is 5.32. The smallest absolute Gasteiger partial charge is 0.264 e. The molecule has 6 heteroatoms. The van der Waals surface area contributed by atoms with E-state index in [4.69, 9.17) is 4.74 Å². The zero-order valence-corrected chi connectivity index (χ0v) is 17.5. The van der Waals surface area contributed by atoms with Crippen LogP contribution in [0.4, 0.5) is 5.13 Å². The maximum Gasteiger partial charge on any atom is 0.264 e. The number of rotatable bonds is 6. The highest BCUT2D eigenvalue weighted by Gasteiger charge is 2.19. The van der Waals surface area contributed by atoms with Gasteiger partial charge in [0, 0.05) is 23.7 Å². The summed E-state index contributed by atoms with van der Waals surface area (Å²) in [4.78, 5) is 20.3. The summed E-state index contributed by atoms with van der Waals surface area (Å²) in [6, 6.07) is 4.70. The number of anilines is 1. The van der Waals surface area contributed by atoms with Crippen molar-refractivity contribution in [1.82, 2.24) is 9.88 Å². The Labute approximate surface area is 165 Å². The molecule has 1 aromatic heterocycles. The number of nitrogens with zero attached hydrogens (tertiary/aromatic N) is 2. The first-order valence-corrected chi connectivity index (χ1v) is 10.4. The molecular weight excluding hydrogens is 358 g/mol. The maximum atomic E-state index is 12.3. The highest BCUT2D eigenvalue weighted by Crippen LogP contribution is 2.26. The molecule has 1 atom stereocenters. The summed E-state index contributed by atoms with van der Waals surface area (Å²) in [6.45, 7) is 10.4. The van der Waals surface area contributed by atoms with Gasteiger partial charge < -0.3 is 4.74 Å². The number of carbonyl (C=O) groups is 1. The number of thiazole rings is 1. The summed E-state index contributed by atoms with van der Waals surface area (Å²) in [6.07, 6.45) is 5.72. The monoisotopic (exact) mass is 387 g/mol. The van der Waals surface area contributed by atoms with Crippen LogP contribution in [0.5, 0.6) is 5.75 Å². The highest BCUT2D eigenvalue weighted by atomic mass is 32.1. The number of aryl methyl sites for hydroxylation is 2. The fourth-order valence-electron chi connectivity index (χ4n) is 3.47. The lowest BCUT2D eigenvalue weighted by atomic mass is 10.0. The van der Waals surface area contributed by atoms with E-state index in [1.165, 1.54) is 24.1 Å². The first-order valence-electron chi connectivity index (χ1n) is 9.62. The number of likely N-dealkylation sites (tertiary alicyclic amines) is 1. The number of hydrogen-bond acceptors (Lipinski definition) is 5. The van der Waals surface area contributed by atoms with E-state index in [9.17, 15) is 4.79 Å². The average molecular weight is 388 g/mol. The van der Waals surface area contributed by atoms with Crippen LogP contribution < -0.4 is 10.1 Å². The van der Waals surface area contributed by atoms with Gasteiger partial charge in [-0.2, -0.15) is 0 Å². The van der Waals surface area contributed by atoms with E-state index in [0.717, 1.165) is 35.5 Å². The van der Waals surface area contributed by atoms with Crippen LogP contribution >= 0.6 is 11.3 Å².